The quantitative estimate of drug-likeness (QED) is 0.798. The number of benzene rings is 1. The molecule has 0 aliphatic heterocycles. The van der Waals surface area contributed by atoms with Gasteiger partial charge in [-0.1, -0.05) is 50.3 Å². The largest absolute Gasteiger partial charge is 0.389 e. The summed E-state index contributed by atoms with van der Waals surface area (Å²) in [6.45, 7) is 4.40. The third kappa shape index (κ3) is 3.68. The van der Waals surface area contributed by atoms with Crippen LogP contribution in [0.3, 0.4) is 0 Å². The molecular weight excluding hydrogens is 210 g/mol. The van der Waals surface area contributed by atoms with Gasteiger partial charge in [0.25, 0.3) is 0 Å². The maximum Gasteiger partial charge on any atom is 0.103 e. The standard InChI is InChI=1S/C11H15NS2/c1-8(2)14-7-9-3-5-10(6-4-9)11(12)13/h3-6,8H,7H2,1-2H3,(H2,12,13). The van der Waals surface area contributed by atoms with Crippen molar-refractivity contribution in [3.63, 3.8) is 0 Å². The second-order valence-electron chi connectivity index (χ2n) is 3.42. The van der Waals surface area contributed by atoms with E-state index in [9.17, 15) is 0 Å². The highest BCUT2D eigenvalue weighted by Crippen LogP contribution is 2.17. The summed E-state index contributed by atoms with van der Waals surface area (Å²) in [5, 5.41) is 0.672. The van der Waals surface area contributed by atoms with E-state index in [1.807, 2.05) is 23.9 Å². The van der Waals surface area contributed by atoms with E-state index in [4.69, 9.17) is 18.0 Å². The Morgan fingerprint density at radius 3 is 2.36 bits per heavy atom. The SMILES string of the molecule is CC(C)SCc1ccc(C(N)=S)cc1. The zero-order valence-electron chi connectivity index (χ0n) is 8.49. The van der Waals surface area contributed by atoms with Crippen molar-refractivity contribution in [1.29, 1.82) is 0 Å². The molecule has 14 heavy (non-hydrogen) atoms. The fraction of sp³-hybridized carbons (Fsp3) is 0.364. The van der Waals surface area contributed by atoms with Crippen molar-refractivity contribution < 1.29 is 0 Å². The molecule has 0 saturated heterocycles. The van der Waals surface area contributed by atoms with Gasteiger partial charge in [0.05, 0.1) is 0 Å². The summed E-state index contributed by atoms with van der Waals surface area (Å²) in [7, 11) is 0. The monoisotopic (exact) mass is 225 g/mol. The van der Waals surface area contributed by atoms with Gasteiger partial charge in [-0.05, 0) is 10.8 Å². The highest BCUT2D eigenvalue weighted by atomic mass is 32.2. The minimum Gasteiger partial charge on any atom is -0.389 e. The first kappa shape index (κ1) is 11.5. The highest BCUT2D eigenvalue weighted by molar-refractivity contribution is 7.99. The van der Waals surface area contributed by atoms with Crippen molar-refractivity contribution in [3.8, 4) is 0 Å². The molecular formula is C11H15NS2. The van der Waals surface area contributed by atoms with Crippen molar-refractivity contribution in [1.82, 2.24) is 0 Å². The van der Waals surface area contributed by atoms with Crippen LogP contribution < -0.4 is 5.73 Å². The molecule has 0 amide bonds. The fourth-order valence-electron chi connectivity index (χ4n) is 1.03. The van der Waals surface area contributed by atoms with Crippen LogP contribution in [0.2, 0.25) is 0 Å². The predicted molar refractivity (Wildman–Crippen MR) is 68.8 cm³/mol. The normalized spacial score (nSPS) is 10.5. The first-order valence-electron chi connectivity index (χ1n) is 4.60. The highest BCUT2D eigenvalue weighted by Gasteiger charge is 1.98. The third-order valence-electron chi connectivity index (χ3n) is 1.82. The first-order chi connectivity index (χ1) is 6.59. The summed E-state index contributed by atoms with van der Waals surface area (Å²) in [5.74, 6) is 1.05. The van der Waals surface area contributed by atoms with Gasteiger partial charge in [-0.15, -0.1) is 0 Å². The molecule has 3 heteroatoms. The Morgan fingerprint density at radius 2 is 1.93 bits per heavy atom. The lowest BCUT2D eigenvalue weighted by Gasteiger charge is -2.05. The van der Waals surface area contributed by atoms with Crippen molar-refractivity contribution >= 4 is 29.0 Å². The lowest BCUT2D eigenvalue weighted by Crippen LogP contribution is -2.08. The minimum absolute atomic E-state index is 0.466. The molecule has 0 bridgehead atoms. The van der Waals surface area contributed by atoms with Gasteiger partial charge in [0.15, 0.2) is 0 Å². The smallest absolute Gasteiger partial charge is 0.103 e. The Morgan fingerprint density at radius 1 is 1.36 bits per heavy atom. The summed E-state index contributed by atoms with van der Waals surface area (Å²) in [6, 6.07) is 8.14. The van der Waals surface area contributed by atoms with Gasteiger partial charge in [-0.2, -0.15) is 11.8 Å². The summed E-state index contributed by atoms with van der Waals surface area (Å²) >= 11 is 6.82. The van der Waals surface area contributed by atoms with E-state index in [0.717, 1.165) is 11.3 Å². The van der Waals surface area contributed by atoms with E-state index in [-0.39, 0.29) is 0 Å². The molecule has 0 aliphatic carbocycles. The second kappa shape index (κ2) is 5.37. The summed E-state index contributed by atoms with van der Waals surface area (Å²) in [6.07, 6.45) is 0. The topological polar surface area (TPSA) is 26.0 Å². The average Bonchev–Trinajstić information content (AvgIpc) is 2.15. The summed E-state index contributed by atoms with van der Waals surface area (Å²) < 4.78 is 0. The van der Waals surface area contributed by atoms with Crippen LogP contribution in [-0.2, 0) is 5.75 Å². The van der Waals surface area contributed by atoms with Crippen LogP contribution in [0.15, 0.2) is 24.3 Å². The Hall–Kier alpha value is -0.540. The minimum atomic E-state index is 0.466. The van der Waals surface area contributed by atoms with Gasteiger partial charge in [-0.25, -0.2) is 0 Å². The molecule has 1 rings (SSSR count). The van der Waals surface area contributed by atoms with Crippen LogP contribution in [0.1, 0.15) is 25.0 Å². The Balaban J connectivity index is 2.60. The summed E-state index contributed by atoms with van der Waals surface area (Å²) in [5.41, 5.74) is 7.78. The number of thioether (sulfide) groups is 1. The van der Waals surface area contributed by atoms with Crippen LogP contribution >= 0.6 is 24.0 Å². The number of nitrogens with two attached hydrogens (primary N) is 1. The molecule has 0 radical (unpaired) electrons. The van der Waals surface area contributed by atoms with Gasteiger partial charge in [0.1, 0.15) is 4.99 Å². The molecule has 0 heterocycles. The lowest BCUT2D eigenvalue weighted by molar-refractivity contribution is 1.11. The Kier molecular flexibility index (Phi) is 4.42. The number of hydrogen-bond donors (Lipinski definition) is 1. The van der Waals surface area contributed by atoms with Gasteiger partial charge < -0.3 is 5.73 Å². The molecule has 0 fully saturated rings. The van der Waals surface area contributed by atoms with Gasteiger partial charge in [0, 0.05) is 11.3 Å². The van der Waals surface area contributed by atoms with E-state index in [0.29, 0.717) is 10.2 Å². The molecule has 1 nitrogen and oxygen atoms in total. The molecule has 1 aromatic rings. The van der Waals surface area contributed by atoms with Gasteiger partial charge >= 0.3 is 0 Å². The molecule has 1 aromatic carbocycles. The van der Waals surface area contributed by atoms with Crippen LogP contribution in [0, 0.1) is 0 Å². The molecule has 76 valence electrons. The molecule has 0 saturated carbocycles. The van der Waals surface area contributed by atoms with E-state index in [1.165, 1.54) is 5.56 Å². The van der Waals surface area contributed by atoms with Gasteiger partial charge in [-0.3, -0.25) is 0 Å². The molecule has 0 aromatic heterocycles. The maximum absolute atomic E-state index is 5.51. The predicted octanol–water partition coefficient (Wildman–Crippen LogP) is 2.96. The molecule has 2 N–H and O–H groups in total. The zero-order valence-corrected chi connectivity index (χ0v) is 10.1. The number of hydrogen-bond acceptors (Lipinski definition) is 2. The van der Waals surface area contributed by atoms with E-state index in [1.54, 1.807) is 0 Å². The molecule has 0 unspecified atom stereocenters. The average molecular weight is 225 g/mol. The first-order valence-corrected chi connectivity index (χ1v) is 6.05. The van der Waals surface area contributed by atoms with E-state index < -0.39 is 0 Å². The van der Waals surface area contributed by atoms with Crippen molar-refractivity contribution in [2.75, 3.05) is 0 Å². The van der Waals surface area contributed by atoms with Crippen LogP contribution in [0.4, 0.5) is 0 Å². The van der Waals surface area contributed by atoms with E-state index >= 15 is 0 Å². The fourth-order valence-corrected chi connectivity index (χ4v) is 1.88. The Labute approximate surface area is 95.1 Å². The van der Waals surface area contributed by atoms with Crippen LogP contribution in [0.5, 0.6) is 0 Å². The number of rotatable bonds is 4. The van der Waals surface area contributed by atoms with Crippen molar-refractivity contribution in [3.05, 3.63) is 35.4 Å². The molecule has 0 spiro atoms. The maximum atomic E-state index is 5.51. The van der Waals surface area contributed by atoms with Crippen molar-refractivity contribution in [2.45, 2.75) is 24.9 Å². The zero-order chi connectivity index (χ0) is 10.6. The van der Waals surface area contributed by atoms with Gasteiger partial charge in [0.2, 0.25) is 0 Å². The van der Waals surface area contributed by atoms with Crippen LogP contribution in [0.25, 0.3) is 0 Å². The van der Waals surface area contributed by atoms with E-state index in [2.05, 4.69) is 26.0 Å². The molecule has 0 aliphatic rings. The second-order valence-corrected chi connectivity index (χ2v) is 5.43. The molecule has 0 atom stereocenters. The van der Waals surface area contributed by atoms with Crippen molar-refractivity contribution in [2.24, 2.45) is 5.73 Å². The summed E-state index contributed by atoms with van der Waals surface area (Å²) in [4.78, 5) is 0.466. The third-order valence-corrected chi connectivity index (χ3v) is 3.22. The number of thiocarbonyl (C=S) groups is 1. The lowest BCUT2D eigenvalue weighted by atomic mass is 10.1. The van der Waals surface area contributed by atoms with Crippen LogP contribution in [-0.4, -0.2) is 10.2 Å². The Bertz CT molecular complexity index is 304.